The topological polar surface area (TPSA) is 95.1 Å². The molecule has 3 rings (SSSR count). The maximum absolute atomic E-state index is 12.7. The summed E-state index contributed by atoms with van der Waals surface area (Å²) in [4.78, 5) is 17.0. The Morgan fingerprint density at radius 3 is 2.76 bits per heavy atom. The molecule has 0 fully saturated rings. The number of ether oxygens (including phenoxy) is 1. The summed E-state index contributed by atoms with van der Waals surface area (Å²) in [7, 11) is 1.57. The van der Waals surface area contributed by atoms with Gasteiger partial charge in [0.2, 0.25) is 11.8 Å². The Balaban J connectivity index is 1.93. The SMILES string of the molecule is COc1ccccc1C(NC(=O)C(C)n1cccn1)c1noc(C)n1. The molecular weight excluding hydrogens is 322 g/mol. The summed E-state index contributed by atoms with van der Waals surface area (Å²) in [6.45, 7) is 3.47. The van der Waals surface area contributed by atoms with Gasteiger partial charge in [0.15, 0.2) is 5.82 Å². The van der Waals surface area contributed by atoms with E-state index in [-0.39, 0.29) is 5.91 Å². The van der Waals surface area contributed by atoms with Crippen molar-refractivity contribution in [1.29, 1.82) is 0 Å². The molecule has 0 aliphatic rings. The van der Waals surface area contributed by atoms with Gasteiger partial charge in [0.1, 0.15) is 17.8 Å². The quantitative estimate of drug-likeness (QED) is 0.737. The maximum Gasteiger partial charge on any atom is 0.245 e. The van der Waals surface area contributed by atoms with Crippen LogP contribution in [0.25, 0.3) is 0 Å². The first-order valence-corrected chi connectivity index (χ1v) is 7.82. The third kappa shape index (κ3) is 3.52. The zero-order valence-electron chi connectivity index (χ0n) is 14.2. The summed E-state index contributed by atoms with van der Waals surface area (Å²) in [5.74, 6) is 1.19. The summed E-state index contributed by atoms with van der Waals surface area (Å²) in [5, 5.41) is 11.0. The fourth-order valence-corrected chi connectivity index (χ4v) is 2.51. The first kappa shape index (κ1) is 16.7. The zero-order chi connectivity index (χ0) is 17.8. The summed E-state index contributed by atoms with van der Waals surface area (Å²) in [6, 6.07) is 8.08. The normalized spacial score (nSPS) is 13.2. The summed E-state index contributed by atoms with van der Waals surface area (Å²) in [6.07, 6.45) is 3.37. The molecule has 1 amide bonds. The van der Waals surface area contributed by atoms with Gasteiger partial charge in [0.25, 0.3) is 0 Å². The van der Waals surface area contributed by atoms with Crippen LogP contribution in [0.5, 0.6) is 5.75 Å². The van der Waals surface area contributed by atoms with Gasteiger partial charge in [-0.1, -0.05) is 23.4 Å². The van der Waals surface area contributed by atoms with E-state index < -0.39 is 12.1 Å². The largest absolute Gasteiger partial charge is 0.496 e. The number of nitrogens with zero attached hydrogens (tertiary/aromatic N) is 4. The second-order valence-electron chi connectivity index (χ2n) is 5.52. The molecule has 1 N–H and O–H groups in total. The van der Waals surface area contributed by atoms with E-state index in [0.29, 0.717) is 17.5 Å². The Morgan fingerprint density at radius 1 is 1.32 bits per heavy atom. The molecule has 8 heteroatoms. The fraction of sp³-hybridized carbons (Fsp3) is 0.294. The van der Waals surface area contributed by atoms with Crippen molar-refractivity contribution in [1.82, 2.24) is 25.2 Å². The van der Waals surface area contributed by atoms with E-state index in [2.05, 4.69) is 20.6 Å². The first-order valence-electron chi connectivity index (χ1n) is 7.82. The highest BCUT2D eigenvalue weighted by molar-refractivity contribution is 5.80. The highest BCUT2D eigenvalue weighted by atomic mass is 16.5. The predicted molar refractivity (Wildman–Crippen MR) is 89.0 cm³/mol. The van der Waals surface area contributed by atoms with Crippen molar-refractivity contribution < 1.29 is 14.1 Å². The Kier molecular flexibility index (Phi) is 4.78. The molecule has 0 saturated heterocycles. The number of aromatic nitrogens is 4. The van der Waals surface area contributed by atoms with E-state index in [1.807, 2.05) is 24.3 Å². The molecule has 25 heavy (non-hydrogen) atoms. The Hall–Kier alpha value is -3.16. The highest BCUT2D eigenvalue weighted by Gasteiger charge is 2.27. The van der Waals surface area contributed by atoms with Crippen molar-refractivity contribution in [3.05, 3.63) is 60.0 Å². The van der Waals surface area contributed by atoms with Crippen molar-refractivity contribution in [3.8, 4) is 5.75 Å². The number of benzene rings is 1. The number of aryl methyl sites for hydroxylation is 1. The number of nitrogens with one attached hydrogen (secondary N) is 1. The number of carbonyl (C=O) groups is 1. The molecule has 0 spiro atoms. The van der Waals surface area contributed by atoms with Gasteiger partial charge in [-0.05, 0) is 19.1 Å². The number of hydrogen-bond acceptors (Lipinski definition) is 6. The number of rotatable bonds is 6. The van der Waals surface area contributed by atoms with Crippen molar-refractivity contribution >= 4 is 5.91 Å². The van der Waals surface area contributed by atoms with E-state index in [1.54, 1.807) is 44.1 Å². The molecule has 0 aliphatic carbocycles. The van der Waals surface area contributed by atoms with Gasteiger partial charge in [-0.15, -0.1) is 0 Å². The standard InChI is InChI=1S/C17H19N5O3/c1-11(22-10-6-9-18-22)17(23)20-15(16-19-12(2)25-21-16)13-7-4-5-8-14(13)24-3/h4-11,15H,1-3H3,(H,20,23). The minimum Gasteiger partial charge on any atom is -0.496 e. The minimum absolute atomic E-state index is 0.220. The van der Waals surface area contributed by atoms with Crippen LogP contribution in [-0.2, 0) is 4.79 Å². The Morgan fingerprint density at radius 2 is 2.12 bits per heavy atom. The van der Waals surface area contributed by atoms with Crippen LogP contribution in [0.3, 0.4) is 0 Å². The van der Waals surface area contributed by atoms with Crippen molar-refractivity contribution in [2.45, 2.75) is 25.9 Å². The zero-order valence-corrected chi connectivity index (χ0v) is 14.2. The van der Waals surface area contributed by atoms with Crippen LogP contribution in [0.4, 0.5) is 0 Å². The molecule has 0 aliphatic heterocycles. The van der Waals surface area contributed by atoms with Crippen molar-refractivity contribution in [2.24, 2.45) is 0 Å². The average molecular weight is 341 g/mol. The maximum atomic E-state index is 12.7. The second kappa shape index (κ2) is 7.16. The Labute approximate surface area is 144 Å². The molecule has 130 valence electrons. The lowest BCUT2D eigenvalue weighted by Crippen LogP contribution is -2.35. The number of amides is 1. The van der Waals surface area contributed by atoms with E-state index >= 15 is 0 Å². The number of methoxy groups -OCH3 is 1. The summed E-state index contributed by atoms with van der Waals surface area (Å²) in [5.41, 5.74) is 0.742. The van der Waals surface area contributed by atoms with Gasteiger partial charge in [-0.25, -0.2) is 0 Å². The van der Waals surface area contributed by atoms with Gasteiger partial charge >= 0.3 is 0 Å². The van der Waals surface area contributed by atoms with Crippen LogP contribution in [0.2, 0.25) is 0 Å². The molecule has 1 aromatic carbocycles. The number of para-hydroxylation sites is 1. The number of carbonyl (C=O) groups excluding carboxylic acids is 1. The lowest BCUT2D eigenvalue weighted by Gasteiger charge is -2.21. The van der Waals surface area contributed by atoms with Crippen LogP contribution in [0, 0.1) is 6.92 Å². The molecule has 8 nitrogen and oxygen atoms in total. The third-order valence-corrected chi connectivity index (χ3v) is 3.84. The van der Waals surface area contributed by atoms with Gasteiger partial charge in [-0.3, -0.25) is 9.48 Å². The van der Waals surface area contributed by atoms with E-state index in [1.165, 1.54) is 0 Å². The summed E-state index contributed by atoms with van der Waals surface area (Å²) >= 11 is 0. The average Bonchev–Trinajstić information content (AvgIpc) is 3.30. The monoisotopic (exact) mass is 341 g/mol. The van der Waals surface area contributed by atoms with E-state index in [9.17, 15) is 4.79 Å². The van der Waals surface area contributed by atoms with E-state index in [0.717, 1.165) is 5.56 Å². The summed E-state index contributed by atoms with van der Waals surface area (Å²) < 4.78 is 12.1. The van der Waals surface area contributed by atoms with Crippen LogP contribution < -0.4 is 10.1 Å². The predicted octanol–water partition coefficient (Wildman–Crippen LogP) is 2.05. The van der Waals surface area contributed by atoms with Crippen LogP contribution in [-0.4, -0.2) is 32.9 Å². The number of hydrogen-bond donors (Lipinski definition) is 1. The molecule has 0 saturated carbocycles. The molecule has 2 aromatic heterocycles. The third-order valence-electron chi connectivity index (χ3n) is 3.84. The smallest absolute Gasteiger partial charge is 0.245 e. The van der Waals surface area contributed by atoms with Crippen LogP contribution in [0.15, 0.2) is 47.2 Å². The lowest BCUT2D eigenvalue weighted by atomic mass is 10.0. The van der Waals surface area contributed by atoms with E-state index in [4.69, 9.17) is 9.26 Å². The first-order chi connectivity index (χ1) is 12.1. The van der Waals surface area contributed by atoms with Gasteiger partial charge in [0.05, 0.1) is 7.11 Å². The van der Waals surface area contributed by atoms with Gasteiger partial charge < -0.3 is 14.6 Å². The van der Waals surface area contributed by atoms with Gasteiger partial charge in [-0.2, -0.15) is 10.1 Å². The van der Waals surface area contributed by atoms with Crippen LogP contribution in [0.1, 0.15) is 36.3 Å². The minimum atomic E-state index is -0.598. The molecule has 2 heterocycles. The van der Waals surface area contributed by atoms with Crippen LogP contribution >= 0.6 is 0 Å². The molecule has 0 radical (unpaired) electrons. The lowest BCUT2D eigenvalue weighted by molar-refractivity contribution is -0.124. The molecule has 0 bridgehead atoms. The van der Waals surface area contributed by atoms with Crippen molar-refractivity contribution in [3.63, 3.8) is 0 Å². The molecular formula is C17H19N5O3. The molecule has 2 atom stereocenters. The molecule has 2 unspecified atom stereocenters. The second-order valence-corrected chi connectivity index (χ2v) is 5.52. The van der Waals surface area contributed by atoms with Gasteiger partial charge in [0, 0.05) is 24.9 Å². The Bertz CT molecular complexity index is 844. The molecule has 3 aromatic rings. The van der Waals surface area contributed by atoms with Crippen molar-refractivity contribution in [2.75, 3.05) is 7.11 Å². The highest BCUT2D eigenvalue weighted by Crippen LogP contribution is 2.29. The fourth-order valence-electron chi connectivity index (χ4n) is 2.51.